The first-order valence-electron chi connectivity index (χ1n) is 42.8. The molecular formula is C116H95BN4. The van der Waals surface area contributed by atoms with Gasteiger partial charge in [0.25, 0.3) is 6.71 Å². The summed E-state index contributed by atoms with van der Waals surface area (Å²) in [5.41, 5.74) is 41.0. The van der Waals surface area contributed by atoms with Crippen molar-refractivity contribution in [2.45, 2.75) is 92.4 Å². The maximum Gasteiger partial charge on any atom is 0.252 e. The maximum absolute atomic E-state index is 2.76. The Kier molecular flexibility index (Phi) is 17.8. The van der Waals surface area contributed by atoms with E-state index in [1.165, 1.54) is 99.0 Å². The van der Waals surface area contributed by atoms with Crippen LogP contribution in [0.1, 0.15) is 90.1 Å². The topological polar surface area (TPSA) is 16.3 Å². The van der Waals surface area contributed by atoms with Gasteiger partial charge in [0.1, 0.15) is 0 Å². The number of aromatic nitrogens is 2. The Morgan fingerprint density at radius 2 is 0.504 bits per heavy atom. The molecule has 19 aromatic rings. The third kappa shape index (κ3) is 12.9. The molecule has 0 saturated heterocycles. The van der Waals surface area contributed by atoms with E-state index in [1.54, 1.807) is 0 Å². The average molecular weight is 1560 g/mol. The van der Waals surface area contributed by atoms with E-state index in [0.717, 1.165) is 123 Å². The fourth-order valence-electron chi connectivity index (χ4n) is 19.4. The van der Waals surface area contributed by atoms with Crippen LogP contribution in [-0.2, 0) is 16.2 Å². The van der Waals surface area contributed by atoms with Gasteiger partial charge in [0.2, 0.25) is 0 Å². The Morgan fingerprint density at radius 1 is 0.215 bits per heavy atom. The third-order valence-electron chi connectivity index (χ3n) is 25.6. The average Bonchev–Trinajstić information content (AvgIpc) is 0.906. The largest absolute Gasteiger partial charge is 0.310 e. The van der Waals surface area contributed by atoms with Crippen LogP contribution < -0.4 is 26.2 Å². The van der Waals surface area contributed by atoms with Gasteiger partial charge in [-0.25, -0.2) is 0 Å². The van der Waals surface area contributed by atoms with Gasteiger partial charge in [-0.1, -0.05) is 328 Å². The van der Waals surface area contributed by atoms with Crippen LogP contribution in [0.5, 0.6) is 0 Å². The lowest BCUT2D eigenvalue weighted by molar-refractivity contribution is 0.590. The van der Waals surface area contributed by atoms with Crippen molar-refractivity contribution in [1.82, 2.24) is 9.13 Å². The molecule has 0 radical (unpaired) electrons. The van der Waals surface area contributed by atoms with Crippen molar-refractivity contribution >= 4 is 101 Å². The van der Waals surface area contributed by atoms with Crippen molar-refractivity contribution in [1.29, 1.82) is 0 Å². The van der Waals surface area contributed by atoms with Crippen molar-refractivity contribution in [3.63, 3.8) is 0 Å². The fraction of sp³-hybridized carbons (Fsp3) is 0.121. The van der Waals surface area contributed by atoms with E-state index in [4.69, 9.17) is 0 Å². The van der Waals surface area contributed by atoms with E-state index < -0.39 is 5.41 Å². The van der Waals surface area contributed by atoms with Crippen LogP contribution in [0.3, 0.4) is 0 Å². The van der Waals surface area contributed by atoms with Crippen LogP contribution in [0.15, 0.2) is 376 Å². The van der Waals surface area contributed by atoms with Gasteiger partial charge in [-0.15, -0.1) is 0 Å². The second-order valence-corrected chi connectivity index (χ2v) is 36.6. The lowest BCUT2D eigenvalue weighted by atomic mass is 9.33. The van der Waals surface area contributed by atoms with Gasteiger partial charge in [-0.05, 0) is 251 Å². The van der Waals surface area contributed by atoms with E-state index in [1.807, 2.05) is 0 Å². The first-order valence-corrected chi connectivity index (χ1v) is 42.8. The molecular weight excluding hydrogens is 1460 g/mol. The van der Waals surface area contributed by atoms with Crippen LogP contribution in [0.2, 0.25) is 0 Å². The highest BCUT2D eigenvalue weighted by atomic mass is 15.2. The molecule has 4 heterocycles. The zero-order valence-electron chi connectivity index (χ0n) is 70.7. The third-order valence-corrected chi connectivity index (χ3v) is 25.6. The second kappa shape index (κ2) is 28.9. The van der Waals surface area contributed by atoms with Gasteiger partial charge in [0, 0.05) is 77.9 Å². The minimum atomic E-state index is -0.390. The summed E-state index contributed by atoms with van der Waals surface area (Å²) in [4.78, 5) is 5.53. The lowest BCUT2D eigenvalue weighted by Gasteiger charge is -2.47. The molecule has 0 saturated carbocycles. The van der Waals surface area contributed by atoms with Gasteiger partial charge < -0.3 is 18.9 Å². The molecule has 0 bridgehead atoms. The van der Waals surface area contributed by atoms with E-state index in [9.17, 15) is 0 Å². The summed E-state index contributed by atoms with van der Waals surface area (Å²) in [7, 11) is 0. The fourth-order valence-corrected chi connectivity index (χ4v) is 19.4. The number of nitrogens with zero attached hydrogens (tertiary/aromatic N) is 4. The highest BCUT2D eigenvalue weighted by Crippen LogP contribution is 2.57. The molecule has 0 aliphatic carbocycles. The first kappa shape index (κ1) is 74.5. The SMILES string of the molecule is Cc1ccc2c(c1)c1ccccc1n2-c1ccc2c(c1)N(c1c(-c3ccccc3)cc(C(C)(C)C)cc1-c1cccc(-c3cccc(-c4ccccc4)c3)c1)c1cc(C(C)(C)C)cc3c1B2c1ccc(-n2c4ccccc4c4cc(C)ccc42)cc1N3c1c(-c2ccccc2)cc(C(C)(C)C)cc1-c1cccc(-c2cccc(-c3ccccc3)c2)c1. The molecule has 0 spiro atoms. The van der Waals surface area contributed by atoms with Crippen LogP contribution in [0, 0.1) is 13.8 Å². The molecule has 2 aromatic heterocycles. The molecule has 121 heavy (non-hydrogen) atoms. The number of anilines is 6. The zero-order chi connectivity index (χ0) is 82.3. The van der Waals surface area contributed by atoms with Crippen molar-refractivity contribution < 1.29 is 0 Å². The normalized spacial score (nSPS) is 12.7. The van der Waals surface area contributed by atoms with E-state index in [2.05, 4.69) is 471 Å². The van der Waals surface area contributed by atoms with Crippen LogP contribution in [0.4, 0.5) is 34.1 Å². The number of hydrogen-bond donors (Lipinski definition) is 0. The summed E-state index contributed by atoms with van der Waals surface area (Å²) >= 11 is 0. The summed E-state index contributed by atoms with van der Waals surface area (Å²) < 4.78 is 5.06. The van der Waals surface area contributed by atoms with Gasteiger partial charge in [0.15, 0.2) is 0 Å². The summed E-state index contributed by atoms with van der Waals surface area (Å²) in [6, 6.07) is 144. The smallest absolute Gasteiger partial charge is 0.252 e. The molecule has 2 aliphatic heterocycles. The van der Waals surface area contributed by atoms with Gasteiger partial charge >= 0.3 is 0 Å². The molecule has 17 aromatic carbocycles. The summed E-state index contributed by atoms with van der Waals surface area (Å²) in [5.74, 6) is 0. The van der Waals surface area contributed by atoms with Crippen LogP contribution in [0.25, 0.3) is 144 Å². The Bertz CT molecular complexity index is 6920. The highest BCUT2D eigenvalue weighted by Gasteiger charge is 2.47. The zero-order valence-corrected chi connectivity index (χ0v) is 70.7. The minimum absolute atomic E-state index is 0.264. The molecule has 0 fully saturated rings. The number of hydrogen-bond acceptors (Lipinski definition) is 2. The molecule has 4 nitrogen and oxygen atoms in total. The van der Waals surface area contributed by atoms with Gasteiger partial charge in [-0.2, -0.15) is 0 Å². The molecule has 0 amide bonds. The summed E-state index contributed by atoms with van der Waals surface area (Å²) in [6.07, 6.45) is 0. The van der Waals surface area contributed by atoms with Crippen molar-refractivity contribution in [2.75, 3.05) is 9.80 Å². The Morgan fingerprint density at radius 3 is 0.868 bits per heavy atom. The number of rotatable bonds is 12. The number of aryl methyl sites for hydroxylation is 2. The number of para-hydroxylation sites is 2. The number of benzene rings is 17. The Hall–Kier alpha value is -14.0. The predicted octanol–water partition coefficient (Wildman–Crippen LogP) is 29.8. The molecule has 5 heteroatoms. The van der Waals surface area contributed by atoms with Crippen molar-refractivity contribution in [2.24, 2.45) is 0 Å². The molecule has 0 N–H and O–H groups in total. The predicted molar refractivity (Wildman–Crippen MR) is 518 cm³/mol. The van der Waals surface area contributed by atoms with Gasteiger partial charge in [0.05, 0.1) is 33.4 Å². The van der Waals surface area contributed by atoms with E-state index in [-0.39, 0.29) is 17.5 Å². The molecule has 0 atom stereocenters. The van der Waals surface area contributed by atoms with E-state index >= 15 is 0 Å². The van der Waals surface area contributed by atoms with Crippen molar-refractivity contribution in [3.05, 3.63) is 404 Å². The van der Waals surface area contributed by atoms with Crippen LogP contribution in [-0.4, -0.2) is 15.8 Å². The Labute approximate surface area is 711 Å². The van der Waals surface area contributed by atoms with Crippen molar-refractivity contribution in [3.8, 4) is 100 Å². The standard InChI is InChI=1S/C116H95BN4/c1-74-52-58-105-99(60-74)93-48-24-26-50-103(93)118(105)91-54-56-101-107(72-91)120(112-95(78-36-20-14-21-37-78)66-88(114(3,4)5)68-97(112)86-46-30-44-84(64-86)82-42-28-40-80(62-82)76-32-16-12-17-33-76)109-70-90(116(9,10)11)71-110-111(109)117(101)102-57-55-92(119-104-51-27-25-49-94(104)100-61-75(2)53-59-106(100)119)73-108(102)121(110)113-96(79-38-22-15-23-39-79)67-89(115(6,7)8)69-98(113)87-47-31-45-85(65-87)83-43-29-41-81(63-83)77-34-18-13-19-35-77/h12-73H,1-11H3. The van der Waals surface area contributed by atoms with Gasteiger partial charge in [-0.3, -0.25) is 0 Å². The highest BCUT2D eigenvalue weighted by molar-refractivity contribution is 7.00. The minimum Gasteiger partial charge on any atom is -0.310 e. The van der Waals surface area contributed by atoms with E-state index in [0.29, 0.717) is 0 Å². The Balaban J connectivity index is 0.921. The number of fused-ring (bicyclic) bond motifs is 10. The molecule has 2 aliphatic rings. The van der Waals surface area contributed by atoms with Crippen LogP contribution >= 0.6 is 0 Å². The maximum atomic E-state index is 2.76. The molecule has 582 valence electrons. The monoisotopic (exact) mass is 1550 g/mol. The molecule has 0 unspecified atom stereocenters. The molecule has 21 rings (SSSR count). The lowest BCUT2D eigenvalue weighted by Crippen LogP contribution is -2.61. The summed E-state index contributed by atoms with van der Waals surface area (Å²) in [6.45, 7) is 25.6. The summed E-state index contributed by atoms with van der Waals surface area (Å²) in [5, 5.41) is 4.93. The quantitative estimate of drug-likeness (QED) is 0.113. The first-order chi connectivity index (χ1) is 58.7. The second-order valence-electron chi connectivity index (χ2n) is 36.6.